The standard InChI is InChI=1S/C21H29N3O4S/c25-19(22-14-20(7-12-29-15-20)24-8-10-26-11-9-24)23-16-3-4-17-18(13-16)28-21(27-17)5-1-2-6-21/h3-4,13H,1-2,5-12,14-15H2,(H2,22,23,25). The number of thioether (sulfide) groups is 1. The zero-order chi connectivity index (χ0) is 19.7. The van der Waals surface area contributed by atoms with Crippen LogP contribution < -0.4 is 20.1 Å². The molecule has 1 aromatic rings. The van der Waals surface area contributed by atoms with Gasteiger partial charge in [0.1, 0.15) is 0 Å². The number of urea groups is 1. The zero-order valence-electron chi connectivity index (χ0n) is 16.7. The molecule has 1 aromatic carbocycles. The van der Waals surface area contributed by atoms with Crippen LogP contribution in [-0.4, -0.2) is 66.6 Å². The summed E-state index contributed by atoms with van der Waals surface area (Å²) >= 11 is 1.97. The van der Waals surface area contributed by atoms with Crippen LogP contribution in [0.1, 0.15) is 32.1 Å². The molecule has 3 fully saturated rings. The van der Waals surface area contributed by atoms with Gasteiger partial charge < -0.3 is 24.8 Å². The fraction of sp³-hybridized carbons (Fsp3) is 0.667. The number of ether oxygens (including phenoxy) is 3. The molecule has 7 nitrogen and oxygen atoms in total. The predicted molar refractivity (Wildman–Crippen MR) is 113 cm³/mol. The van der Waals surface area contributed by atoms with Gasteiger partial charge in [-0.2, -0.15) is 11.8 Å². The number of carbonyl (C=O) groups excluding carboxylic acids is 1. The lowest BCUT2D eigenvalue weighted by Gasteiger charge is -2.43. The van der Waals surface area contributed by atoms with Gasteiger partial charge in [0.2, 0.25) is 0 Å². The highest BCUT2D eigenvalue weighted by atomic mass is 32.2. The minimum atomic E-state index is -0.478. The molecule has 3 heterocycles. The summed E-state index contributed by atoms with van der Waals surface area (Å²) in [6.45, 7) is 4.08. The van der Waals surface area contributed by atoms with Gasteiger partial charge in [-0.25, -0.2) is 4.79 Å². The Morgan fingerprint density at radius 3 is 2.66 bits per heavy atom. The molecule has 2 N–H and O–H groups in total. The fourth-order valence-electron chi connectivity index (χ4n) is 4.84. The van der Waals surface area contributed by atoms with Crippen molar-refractivity contribution in [2.45, 2.75) is 43.4 Å². The molecule has 2 amide bonds. The highest BCUT2D eigenvalue weighted by Gasteiger charge is 2.44. The topological polar surface area (TPSA) is 72.1 Å². The summed E-state index contributed by atoms with van der Waals surface area (Å²) in [4.78, 5) is 15.1. The summed E-state index contributed by atoms with van der Waals surface area (Å²) in [6, 6.07) is 5.45. The number of morpholine rings is 1. The normalized spacial score (nSPS) is 28.0. The number of rotatable bonds is 4. The summed E-state index contributed by atoms with van der Waals surface area (Å²) < 4.78 is 17.7. The molecule has 2 saturated heterocycles. The number of nitrogens with one attached hydrogen (secondary N) is 2. The van der Waals surface area contributed by atoms with E-state index in [4.69, 9.17) is 14.2 Å². The second-order valence-electron chi connectivity index (χ2n) is 8.42. The van der Waals surface area contributed by atoms with Crippen LogP contribution >= 0.6 is 11.8 Å². The molecule has 158 valence electrons. The van der Waals surface area contributed by atoms with E-state index in [-0.39, 0.29) is 11.6 Å². The van der Waals surface area contributed by atoms with Crippen molar-refractivity contribution < 1.29 is 19.0 Å². The maximum atomic E-state index is 12.6. The second-order valence-corrected chi connectivity index (χ2v) is 9.52. The largest absolute Gasteiger partial charge is 0.448 e. The fourth-order valence-corrected chi connectivity index (χ4v) is 6.32. The van der Waals surface area contributed by atoms with Crippen molar-refractivity contribution in [1.29, 1.82) is 0 Å². The third-order valence-electron chi connectivity index (χ3n) is 6.50. The van der Waals surface area contributed by atoms with Gasteiger partial charge in [0.15, 0.2) is 11.5 Å². The quantitative estimate of drug-likeness (QED) is 0.782. The Hall–Kier alpha value is -1.64. The third-order valence-corrected chi connectivity index (χ3v) is 7.74. The molecule has 1 unspecified atom stereocenters. The van der Waals surface area contributed by atoms with E-state index in [1.807, 2.05) is 30.0 Å². The van der Waals surface area contributed by atoms with Gasteiger partial charge in [0.05, 0.1) is 13.2 Å². The van der Waals surface area contributed by atoms with E-state index in [9.17, 15) is 4.79 Å². The van der Waals surface area contributed by atoms with Crippen molar-refractivity contribution >= 4 is 23.5 Å². The minimum absolute atomic E-state index is 0.0372. The first-order chi connectivity index (χ1) is 14.2. The minimum Gasteiger partial charge on any atom is -0.448 e. The van der Waals surface area contributed by atoms with E-state index >= 15 is 0 Å². The number of hydrogen-bond acceptors (Lipinski definition) is 6. The van der Waals surface area contributed by atoms with Crippen LogP contribution in [0, 0.1) is 0 Å². The lowest BCUT2D eigenvalue weighted by Crippen LogP contribution is -2.59. The summed E-state index contributed by atoms with van der Waals surface area (Å²) in [5.41, 5.74) is 0.760. The Kier molecular flexibility index (Phi) is 5.26. The number of amides is 2. The Morgan fingerprint density at radius 2 is 1.90 bits per heavy atom. The van der Waals surface area contributed by atoms with Crippen LogP contribution in [0.2, 0.25) is 0 Å². The molecule has 1 aliphatic carbocycles. The molecular formula is C21H29N3O4S. The van der Waals surface area contributed by atoms with Crippen molar-refractivity contribution in [3.8, 4) is 11.5 Å². The highest BCUT2D eigenvalue weighted by molar-refractivity contribution is 7.99. The van der Waals surface area contributed by atoms with Crippen LogP contribution in [0.15, 0.2) is 18.2 Å². The van der Waals surface area contributed by atoms with Gasteiger partial charge in [-0.3, -0.25) is 4.90 Å². The second kappa shape index (κ2) is 7.89. The first-order valence-corrected chi connectivity index (χ1v) is 11.8. The molecular weight excluding hydrogens is 390 g/mol. The van der Waals surface area contributed by atoms with E-state index in [2.05, 4.69) is 15.5 Å². The molecule has 0 bridgehead atoms. The predicted octanol–water partition coefficient (Wildman–Crippen LogP) is 3.06. The SMILES string of the molecule is O=C(NCC1(N2CCOCC2)CCSC1)Nc1ccc2c(c1)OC1(CCCC1)O2. The molecule has 5 rings (SSSR count). The first kappa shape index (κ1) is 19.3. The molecule has 0 aromatic heterocycles. The van der Waals surface area contributed by atoms with Gasteiger partial charge in [-0.05, 0) is 37.1 Å². The number of hydrogen-bond donors (Lipinski definition) is 2. The van der Waals surface area contributed by atoms with Crippen molar-refractivity contribution in [2.75, 3.05) is 49.7 Å². The van der Waals surface area contributed by atoms with E-state index in [1.54, 1.807) is 0 Å². The van der Waals surface area contributed by atoms with E-state index in [1.165, 1.54) is 0 Å². The molecule has 1 spiro atoms. The van der Waals surface area contributed by atoms with Gasteiger partial charge in [0.25, 0.3) is 5.79 Å². The third kappa shape index (κ3) is 3.90. The Bertz CT molecular complexity index is 756. The van der Waals surface area contributed by atoms with Crippen molar-refractivity contribution in [2.24, 2.45) is 0 Å². The molecule has 1 atom stereocenters. The van der Waals surface area contributed by atoms with Crippen LogP contribution in [0.4, 0.5) is 10.5 Å². The first-order valence-electron chi connectivity index (χ1n) is 10.6. The van der Waals surface area contributed by atoms with Crippen LogP contribution in [0.25, 0.3) is 0 Å². The lowest BCUT2D eigenvalue weighted by molar-refractivity contribution is -0.0716. The van der Waals surface area contributed by atoms with Gasteiger partial charge >= 0.3 is 6.03 Å². The summed E-state index contributed by atoms with van der Waals surface area (Å²) in [6.07, 6.45) is 5.21. The van der Waals surface area contributed by atoms with Gasteiger partial charge in [0, 0.05) is 55.5 Å². The van der Waals surface area contributed by atoms with Gasteiger partial charge in [-0.1, -0.05) is 0 Å². The van der Waals surface area contributed by atoms with Crippen LogP contribution in [0.3, 0.4) is 0 Å². The van der Waals surface area contributed by atoms with Gasteiger partial charge in [-0.15, -0.1) is 0 Å². The number of benzene rings is 1. The molecule has 29 heavy (non-hydrogen) atoms. The number of anilines is 1. The number of fused-ring (bicyclic) bond motifs is 1. The van der Waals surface area contributed by atoms with E-state index in [0.717, 1.165) is 87.1 Å². The van der Waals surface area contributed by atoms with Crippen molar-refractivity contribution in [3.63, 3.8) is 0 Å². The van der Waals surface area contributed by atoms with E-state index < -0.39 is 5.79 Å². The molecule has 1 saturated carbocycles. The maximum absolute atomic E-state index is 12.6. The molecule has 4 aliphatic rings. The van der Waals surface area contributed by atoms with E-state index in [0.29, 0.717) is 6.54 Å². The summed E-state index contributed by atoms with van der Waals surface area (Å²) in [5, 5.41) is 6.07. The molecule has 0 radical (unpaired) electrons. The Morgan fingerprint density at radius 1 is 1.10 bits per heavy atom. The van der Waals surface area contributed by atoms with Crippen LogP contribution in [0.5, 0.6) is 11.5 Å². The summed E-state index contributed by atoms with van der Waals surface area (Å²) in [5.74, 6) is 3.21. The smallest absolute Gasteiger partial charge is 0.319 e. The average Bonchev–Trinajstić information content (AvgIpc) is 3.47. The Labute approximate surface area is 175 Å². The van der Waals surface area contributed by atoms with Crippen molar-refractivity contribution in [3.05, 3.63) is 18.2 Å². The number of carbonyl (C=O) groups is 1. The number of nitrogens with zero attached hydrogens (tertiary/aromatic N) is 1. The lowest BCUT2D eigenvalue weighted by atomic mass is 9.95. The van der Waals surface area contributed by atoms with Crippen molar-refractivity contribution in [1.82, 2.24) is 10.2 Å². The maximum Gasteiger partial charge on any atom is 0.319 e. The Balaban J connectivity index is 1.19. The zero-order valence-corrected chi connectivity index (χ0v) is 17.5. The highest BCUT2D eigenvalue weighted by Crippen LogP contribution is 2.47. The molecule has 3 aliphatic heterocycles. The molecule has 8 heteroatoms. The summed E-state index contributed by atoms with van der Waals surface area (Å²) in [7, 11) is 0. The average molecular weight is 420 g/mol. The monoisotopic (exact) mass is 419 g/mol. The van der Waals surface area contributed by atoms with Crippen LogP contribution in [-0.2, 0) is 4.74 Å².